The second-order valence-electron chi connectivity index (χ2n) is 3.24. The highest BCUT2D eigenvalue weighted by molar-refractivity contribution is 6.29. The van der Waals surface area contributed by atoms with E-state index in [1.807, 2.05) is 14.1 Å². The van der Waals surface area contributed by atoms with Crippen molar-refractivity contribution in [3.8, 4) is 0 Å². The molecule has 1 rings (SSSR count). The van der Waals surface area contributed by atoms with Gasteiger partial charge in [0.1, 0.15) is 0 Å². The molecule has 0 saturated carbocycles. The Kier molecular flexibility index (Phi) is 4.03. The van der Waals surface area contributed by atoms with Gasteiger partial charge < -0.3 is 10.2 Å². The standard InChI is InChI=1S/C8H14ClN5/c1-6-7(9)12-13-8(11-6)10-4-5-14(2)3/h4-5H2,1-3H3,(H,10,11,13). The molecule has 0 spiro atoms. The first-order valence-corrected chi connectivity index (χ1v) is 4.73. The molecule has 0 amide bonds. The molecule has 1 aromatic rings. The van der Waals surface area contributed by atoms with E-state index in [0.717, 1.165) is 13.1 Å². The predicted molar refractivity (Wildman–Crippen MR) is 56.6 cm³/mol. The lowest BCUT2D eigenvalue weighted by Gasteiger charge is -2.09. The molecule has 0 aliphatic heterocycles. The first kappa shape index (κ1) is 11.1. The third kappa shape index (κ3) is 3.43. The number of likely N-dealkylation sites (N-methyl/N-ethyl adjacent to an activating group) is 1. The average molecular weight is 216 g/mol. The molecule has 78 valence electrons. The Morgan fingerprint density at radius 2 is 2.07 bits per heavy atom. The van der Waals surface area contributed by atoms with Gasteiger partial charge in [-0.05, 0) is 21.0 Å². The zero-order valence-electron chi connectivity index (χ0n) is 8.58. The molecule has 5 nitrogen and oxygen atoms in total. The maximum atomic E-state index is 5.69. The molecule has 1 N–H and O–H groups in total. The fourth-order valence-electron chi connectivity index (χ4n) is 0.857. The van der Waals surface area contributed by atoms with E-state index in [0.29, 0.717) is 16.8 Å². The SMILES string of the molecule is Cc1nc(NCCN(C)C)nnc1Cl. The van der Waals surface area contributed by atoms with Gasteiger partial charge in [0.05, 0.1) is 5.69 Å². The van der Waals surface area contributed by atoms with Crippen molar-refractivity contribution in [3.63, 3.8) is 0 Å². The molecular weight excluding hydrogens is 202 g/mol. The lowest BCUT2D eigenvalue weighted by Crippen LogP contribution is -2.21. The summed E-state index contributed by atoms with van der Waals surface area (Å²) in [6, 6.07) is 0. The smallest absolute Gasteiger partial charge is 0.243 e. The monoisotopic (exact) mass is 215 g/mol. The van der Waals surface area contributed by atoms with Crippen molar-refractivity contribution < 1.29 is 0 Å². The highest BCUT2D eigenvalue weighted by Crippen LogP contribution is 2.08. The van der Waals surface area contributed by atoms with Gasteiger partial charge in [0, 0.05) is 13.1 Å². The highest BCUT2D eigenvalue weighted by Gasteiger charge is 2.01. The normalized spacial score (nSPS) is 10.6. The molecule has 0 aromatic carbocycles. The Morgan fingerprint density at radius 3 is 2.64 bits per heavy atom. The highest BCUT2D eigenvalue weighted by atomic mass is 35.5. The fraction of sp³-hybridized carbons (Fsp3) is 0.625. The quantitative estimate of drug-likeness (QED) is 0.806. The first-order chi connectivity index (χ1) is 6.59. The number of halogens is 1. The summed E-state index contributed by atoms with van der Waals surface area (Å²) in [5.41, 5.74) is 0.689. The van der Waals surface area contributed by atoms with E-state index >= 15 is 0 Å². The summed E-state index contributed by atoms with van der Waals surface area (Å²) in [7, 11) is 4.02. The second kappa shape index (κ2) is 5.07. The molecule has 1 aromatic heterocycles. The number of nitrogens with one attached hydrogen (secondary N) is 1. The summed E-state index contributed by atoms with van der Waals surface area (Å²) < 4.78 is 0. The van der Waals surface area contributed by atoms with Crippen LogP contribution in [0.2, 0.25) is 5.15 Å². The van der Waals surface area contributed by atoms with Gasteiger partial charge in [0.15, 0.2) is 5.15 Å². The third-order valence-corrected chi connectivity index (χ3v) is 2.00. The molecule has 0 aliphatic rings. The van der Waals surface area contributed by atoms with Crippen LogP contribution in [0.5, 0.6) is 0 Å². The zero-order valence-corrected chi connectivity index (χ0v) is 9.34. The third-order valence-electron chi connectivity index (χ3n) is 1.65. The molecule has 0 atom stereocenters. The summed E-state index contributed by atoms with van der Waals surface area (Å²) >= 11 is 5.69. The number of aryl methyl sites for hydroxylation is 1. The minimum absolute atomic E-state index is 0.350. The largest absolute Gasteiger partial charge is 0.352 e. The van der Waals surface area contributed by atoms with Crippen molar-refractivity contribution in [1.29, 1.82) is 0 Å². The van der Waals surface area contributed by atoms with Crippen LogP contribution in [0.15, 0.2) is 0 Å². The minimum atomic E-state index is 0.350. The predicted octanol–water partition coefficient (Wildman–Crippen LogP) is 0.807. The van der Waals surface area contributed by atoms with Crippen LogP contribution in [0.3, 0.4) is 0 Å². The summed E-state index contributed by atoms with van der Waals surface area (Å²) in [6.07, 6.45) is 0. The van der Waals surface area contributed by atoms with E-state index in [1.54, 1.807) is 6.92 Å². The van der Waals surface area contributed by atoms with Crippen LogP contribution in [0.25, 0.3) is 0 Å². The number of anilines is 1. The van der Waals surface area contributed by atoms with Crippen LogP contribution >= 0.6 is 11.6 Å². The Hall–Kier alpha value is -0.940. The van der Waals surface area contributed by atoms with Crippen LogP contribution in [0, 0.1) is 6.92 Å². The summed E-state index contributed by atoms with van der Waals surface area (Å²) in [4.78, 5) is 6.21. The lowest BCUT2D eigenvalue weighted by molar-refractivity contribution is 0.424. The van der Waals surface area contributed by atoms with Gasteiger partial charge in [0.2, 0.25) is 5.95 Å². The topological polar surface area (TPSA) is 53.9 Å². The Labute approximate surface area is 88.5 Å². The summed E-state index contributed by atoms with van der Waals surface area (Å²) in [5.74, 6) is 0.522. The van der Waals surface area contributed by atoms with Gasteiger partial charge in [-0.3, -0.25) is 0 Å². The summed E-state index contributed by atoms with van der Waals surface area (Å²) in [6.45, 7) is 3.51. The van der Waals surface area contributed by atoms with Gasteiger partial charge in [-0.2, -0.15) is 0 Å². The van der Waals surface area contributed by atoms with Crippen molar-refractivity contribution >= 4 is 17.5 Å². The average Bonchev–Trinajstić information content (AvgIpc) is 2.10. The van der Waals surface area contributed by atoms with E-state index in [2.05, 4.69) is 25.4 Å². The van der Waals surface area contributed by atoms with E-state index in [4.69, 9.17) is 11.6 Å². The molecule has 0 aliphatic carbocycles. The number of rotatable bonds is 4. The number of hydrogen-bond acceptors (Lipinski definition) is 5. The van der Waals surface area contributed by atoms with Gasteiger partial charge in [-0.25, -0.2) is 4.98 Å². The maximum absolute atomic E-state index is 5.69. The fourth-order valence-corrected chi connectivity index (χ4v) is 0.937. The second-order valence-corrected chi connectivity index (χ2v) is 3.60. The van der Waals surface area contributed by atoms with Crippen molar-refractivity contribution in [2.45, 2.75) is 6.92 Å². The van der Waals surface area contributed by atoms with Crippen LogP contribution in [-0.2, 0) is 0 Å². The van der Waals surface area contributed by atoms with E-state index in [9.17, 15) is 0 Å². The van der Waals surface area contributed by atoms with Gasteiger partial charge in [-0.15, -0.1) is 10.2 Å². The number of hydrogen-bond donors (Lipinski definition) is 1. The lowest BCUT2D eigenvalue weighted by atomic mass is 10.5. The van der Waals surface area contributed by atoms with E-state index < -0.39 is 0 Å². The van der Waals surface area contributed by atoms with Crippen LogP contribution in [0.4, 0.5) is 5.95 Å². The molecule has 6 heteroatoms. The Morgan fingerprint density at radius 1 is 1.36 bits per heavy atom. The van der Waals surface area contributed by atoms with Crippen molar-refractivity contribution in [2.75, 3.05) is 32.5 Å². The van der Waals surface area contributed by atoms with E-state index in [-0.39, 0.29) is 0 Å². The zero-order chi connectivity index (χ0) is 10.6. The van der Waals surface area contributed by atoms with Crippen molar-refractivity contribution in [1.82, 2.24) is 20.1 Å². The van der Waals surface area contributed by atoms with Crippen LogP contribution in [0.1, 0.15) is 5.69 Å². The van der Waals surface area contributed by atoms with Gasteiger partial charge in [-0.1, -0.05) is 11.6 Å². The Balaban J connectivity index is 2.47. The molecule has 14 heavy (non-hydrogen) atoms. The maximum Gasteiger partial charge on any atom is 0.243 e. The molecular formula is C8H14ClN5. The molecule has 0 unspecified atom stereocenters. The molecule has 0 radical (unpaired) electrons. The molecule has 0 saturated heterocycles. The van der Waals surface area contributed by atoms with Crippen LogP contribution < -0.4 is 5.32 Å². The summed E-state index contributed by atoms with van der Waals surface area (Å²) in [5, 5.41) is 11.0. The molecule has 1 heterocycles. The number of nitrogens with zero attached hydrogens (tertiary/aromatic N) is 4. The molecule has 0 fully saturated rings. The molecule has 0 bridgehead atoms. The Bertz CT molecular complexity index is 302. The van der Waals surface area contributed by atoms with Gasteiger partial charge in [0.25, 0.3) is 0 Å². The van der Waals surface area contributed by atoms with Crippen molar-refractivity contribution in [3.05, 3.63) is 10.8 Å². The minimum Gasteiger partial charge on any atom is -0.352 e. The van der Waals surface area contributed by atoms with Crippen LogP contribution in [-0.4, -0.2) is 47.3 Å². The first-order valence-electron chi connectivity index (χ1n) is 4.35. The van der Waals surface area contributed by atoms with Crippen molar-refractivity contribution in [2.24, 2.45) is 0 Å². The van der Waals surface area contributed by atoms with Gasteiger partial charge >= 0.3 is 0 Å². The number of aromatic nitrogens is 3. The van der Waals surface area contributed by atoms with E-state index in [1.165, 1.54) is 0 Å².